The lowest BCUT2D eigenvalue weighted by atomic mass is 10.0. The van der Waals surface area contributed by atoms with Crippen molar-refractivity contribution in [2.24, 2.45) is 0 Å². The Morgan fingerprint density at radius 3 is 2.55 bits per heavy atom. The van der Waals surface area contributed by atoms with Crippen LogP contribution < -0.4 is 0 Å². The van der Waals surface area contributed by atoms with Gasteiger partial charge in [-0.1, -0.05) is 42.5 Å². The summed E-state index contributed by atoms with van der Waals surface area (Å²) in [6, 6.07) is 23.0. The Bertz CT molecular complexity index is 980. The third kappa shape index (κ3) is 1.64. The first kappa shape index (κ1) is 11.8. The summed E-state index contributed by atoms with van der Waals surface area (Å²) < 4.78 is 5.88. The highest BCUT2D eigenvalue weighted by Crippen LogP contribution is 2.38. The molecule has 1 heterocycles. The Balaban J connectivity index is 1.64. The SMILES string of the molecule is c1ccc2c(c1)Cc1cc(-c3nc4ccccc4o3)ccc1-2. The fourth-order valence-corrected chi connectivity index (χ4v) is 3.27. The number of benzene rings is 3. The van der Waals surface area contributed by atoms with Gasteiger partial charge >= 0.3 is 0 Å². The van der Waals surface area contributed by atoms with Gasteiger partial charge in [-0.25, -0.2) is 4.98 Å². The summed E-state index contributed by atoms with van der Waals surface area (Å²) in [5, 5.41) is 0. The van der Waals surface area contributed by atoms with Crippen molar-refractivity contribution in [1.82, 2.24) is 4.98 Å². The summed E-state index contributed by atoms with van der Waals surface area (Å²) in [4.78, 5) is 4.59. The number of para-hydroxylation sites is 2. The predicted octanol–water partition coefficient (Wildman–Crippen LogP) is 5.07. The summed E-state index contributed by atoms with van der Waals surface area (Å²) in [6.07, 6.45) is 0.986. The van der Waals surface area contributed by atoms with Gasteiger partial charge in [0.1, 0.15) is 5.52 Å². The second kappa shape index (κ2) is 4.31. The number of hydrogen-bond acceptors (Lipinski definition) is 2. The van der Waals surface area contributed by atoms with Crippen molar-refractivity contribution in [2.75, 3.05) is 0 Å². The van der Waals surface area contributed by atoms with Crippen LogP contribution in [0, 0.1) is 0 Å². The molecule has 0 spiro atoms. The zero-order valence-electron chi connectivity index (χ0n) is 11.9. The number of aromatic nitrogens is 1. The molecule has 0 saturated heterocycles. The van der Waals surface area contributed by atoms with E-state index in [1.165, 1.54) is 22.3 Å². The van der Waals surface area contributed by atoms with Crippen LogP contribution in [-0.2, 0) is 6.42 Å². The van der Waals surface area contributed by atoms with E-state index < -0.39 is 0 Å². The van der Waals surface area contributed by atoms with Crippen molar-refractivity contribution < 1.29 is 4.42 Å². The molecule has 0 aliphatic heterocycles. The molecule has 1 aliphatic rings. The average molecular weight is 283 g/mol. The molecule has 0 radical (unpaired) electrons. The Kier molecular flexibility index (Phi) is 2.30. The van der Waals surface area contributed by atoms with Crippen LogP contribution in [0.5, 0.6) is 0 Å². The molecule has 0 fully saturated rings. The van der Waals surface area contributed by atoms with E-state index in [0.717, 1.165) is 23.1 Å². The first-order valence-electron chi connectivity index (χ1n) is 7.46. The maximum atomic E-state index is 5.88. The monoisotopic (exact) mass is 283 g/mol. The fourth-order valence-electron chi connectivity index (χ4n) is 3.27. The summed E-state index contributed by atoms with van der Waals surface area (Å²) in [6.45, 7) is 0. The topological polar surface area (TPSA) is 26.0 Å². The van der Waals surface area contributed by atoms with Gasteiger partial charge in [0.2, 0.25) is 5.89 Å². The molecule has 0 atom stereocenters. The average Bonchev–Trinajstić information content (AvgIpc) is 3.15. The predicted molar refractivity (Wildman–Crippen MR) is 87.7 cm³/mol. The zero-order chi connectivity index (χ0) is 14.5. The standard InChI is InChI=1S/C20H13NO/c1-2-6-16-13(5-1)11-15-12-14(9-10-17(15)16)20-21-18-7-3-4-8-19(18)22-20/h1-10,12H,11H2. The molecular formula is C20H13NO. The van der Waals surface area contributed by atoms with Crippen LogP contribution in [0.2, 0.25) is 0 Å². The van der Waals surface area contributed by atoms with Gasteiger partial charge in [0.15, 0.2) is 5.58 Å². The molecule has 2 heteroatoms. The van der Waals surface area contributed by atoms with E-state index in [9.17, 15) is 0 Å². The summed E-state index contributed by atoms with van der Waals surface area (Å²) in [5.74, 6) is 0.694. The van der Waals surface area contributed by atoms with Crippen molar-refractivity contribution in [3.8, 4) is 22.6 Å². The largest absolute Gasteiger partial charge is 0.436 e. The normalized spacial score (nSPS) is 12.4. The van der Waals surface area contributed by atoms with Gasteiger partial charge in [-0.2, -0.15) is 0 Å². The van der Waals surface area contributed by atoms with E-state index >= 15 is 0 Å². The van der Waals surface area contributed by atoms with E-state index in [-0.39, 0.29) is 0 Å². The van der Waals surface area contributed by atoms with Crippen LogP contribution >= 0.6 is 0 Å². The summed E-state index contributed by atoms with van der Waals surface area (Å²) >= 11 is 0. The van der Waals surface area contributed by atoms with Crippen LogP contribution in [0.15, 0.2) is 71.1 Å². The van der Waals surface area contributed by atoms with Gasteiger partial charge in [0, 0.05) is 5.56 Å². The van der Waals surface area contributed by atoms with Crippen LogP contribution in [0.3, 0.4) is 0 Å². The van der Waals surface area contributed by atoms with Gasteiger partial charge in [-0.15, -0.1) is 0 Å². The highest BCUT2D eigenvalue weighted by atomic mass is 16.3. The first-order chi connectivity index (χ1) is 10.9. The van der Waals surface area contributed by atoms with Crippen LogP contribution in [-0.4, -0.2) is 4.98 Å². The van der Waals surface area contributed by atoms with Crippen LogP contribution in [0.4, 0.5) is 0 Å². The molecule has 0 bridgehead atoms. The van der Waals surface area contributed by atoms with E-state index in [1.807, 2.05) is 24.3 Å². The molecule has 0 saturated carbocycles. The lowest BCUT2D eigenvalue weighted by Gasteiger charge is -2.02. The Morgan fingerprint density at radius 1 is 0.773 bits per heavy atom. The highest BCUT2D eigenvalue weighted by molar-refractivity contribution is 5.80. The minimum atomic E-state index is 0.694. The lowest BCUT2D eigenvalue weighted by Crippen LogP contribution is -1.83. The van der Waals surface area contributed by atoms with Gasteiger partial charge < -0.3 is 4.42 Å². The second-order valence-electron chi connectivity index (χ2n) is 5.69. The van der Waals surface area contributed by atoms with E-state index in [4.69, 9.17) is 4.42 Å². The molecule has 2 nitrogen and oxygen atoms in total. The number of fused-ring (bicyclic) bond motifs is 4. The van der Waals surface area contributed by atoms with Crippen molar-refractivity contribution in [2.45, 2.75) is 6.42 Å². The van der Waals surface area contributed by atoms with E-state index in [1.54, 1.807) is 0 Å². The Morgan fingerprint density at radius 2 is 1.59 bits per heavy atom. The molecule has 3 aromatic carbocycles. The number of oxazole rings is 1. The summed E-state index contributed by atoms with van der Waals surface area (Å²) in [5.41, 5.74) is 8.20. The third-order valence-electron chi connectivity index (χ3n) is 4.33. The maximum absolute atomic E-state index is 5.88. The first-order valence-corrected chi connectivity index (χ1v) is 7.46. The molecule has 22 heavy (non-hydrogen) atoms. The molecule has 1 aliphatic carbocycles. The minimum absolute atomic E-state index is 0.694. The van der Waals surface area contributed by atoms with Crippen molar-refractivity contribution in [1.29, 1.82) is 0 Å². The van der Waals surface area contributed by atoms with Gasteiger partial charge in [-0.05, 0) is 52.9 Å². The summed E-state index contributed by atoms with van der Waals surface area (Å²) in [7, 11) is 0. The lowest BCUT2D eigenvalue weighted by molar-refractivity contribution is 0.620. The van der Waals surface area contributed by atoms with Gasteiger partial charge in [0.25, 0.3) is 0 Å². The molecule has 0 unspecified atom stereocenters. The molecular weight excluding hydrogens is 270 g/mol. The zero-order valence-corrected chi connectivity index (χ0v) is 11.9. The quantitative estimate of drug-likeness (QED) is 0.429. The minimum Gasteiger partial charge on any atom is -0.436 e. The van der Waals surface area contributed by atoms with Crippen molar-refractivity contribution in [3.05, 3.63) is 77.9 Å². The molecule has 5 rings (SSSR count). The number of hydrogen-bond donors (Lipinski definition) is 0. The molecule has 0 N–H and O–H groups in total. The molecule has 1 aromatic heterocycles. The number of rotatable bonds is 1. The Hall–Kier alpha value is -2.87. The smallest absolute Gasteiger partial charge is 0.227 e. The maximum Gasteiger partial charge on any atom is 0.227 e. The third-order valence-corrected chi connectivity index (χ3v) is 4.33. The highest BCUT2D eigenvalue weighted by Gasteiger charge is 2.19. The van der Waals surface area contributed by atoms with Crippen LogP contribution in [0.25, 0.3) is 33.7 Å². The van der Waals surface area contributed by atoms with Gasteiger partial charge in [-0.3, -0.25) is 0 Å². The number of nitrogens with zero attached hydrogens (tertiary/aromatic N) is 1. The second-order valence-corrected chi connectivity index (χ2v) is 5.69. The molecule has 104 valence electrons. The van der Waals surface area contributed by atoms with E-state index in [0.29, 0.717) is 5.89 Å². The van der Waals surface area contributed by atoms with Crippen LogP contribution in [0.1, 0.15) is 11.1 Å². The molecule has 0 amide bonds. The van der Waals surface area contributed by atoms with Gasteiger partial charge in [0.05, 0.1) is 0 Å². The molecule has 4 aromatic rings. The van der Waals surface area contributed by atoms with E-state index in [2.05, 4.69) is 47.4 Å². The van der Waals surface area contributed by atoms with Crippen molar-refractivity contribution in [3.63, 3.8) is 0 Å². The van der Waals surface area contributed by atoms with Crippen molar-refractivity contribution >= 4 is 11.1 Å². The Labute approximate surface area is 128 Å². The fraction of sp³-hybridized carbons (Fsp3) is 0.0500.